The molecule has 10 heteroatoms. The molecule has 4 aromatic rings. The summed E-state index contributed by atoms with van der Waals surface area (Å²) in [6, 6.07) is 17.5. The van der Waals surface area contributed by atoms with E-state index in [-0.39, 0.29) is 12.0 Å². The van der Waals surface area contributed by atoms with Crippen LogP contribution in [0, 0.1) is 11.3 Å². The lowest BCUT2D eigenvalue weighted by Gasteiger charge is -2.46. The van der Waals surface area contributed by atoms with Gasteiger partial charge < -0.3 is 28.3 Å². The minimum atomic E-state index is -0.00883. The van der Waals surface area contributed by atoms with E-state index >= 15 is 0 Å². The van der Waals surface area contributed by atoms with E-state index in [0.29, 0.717) is 58.7 Å². The Balaban J connectivity index is 1.12. The molecule has 0 unspecified atom stereocenters. The summed E-state index contributed by atoms with van der Waals surface area (Å²) >= 11 is 0. The number of rotatable bonds is 7. The number of furan rings is 1. The Bertz CT molecular complexity index is 1710. The first-order valence-electron chi connectivity index (χ1n) is 15.1. The average molecular weight is 595 g/mol. The summed E-state index contributed by atoms with van der Waals surface area (Å²) in [5.41, 5.74) is 4.68. The summed E-state index contributed by atoms with van der Waals surface area (Å²) < 4.78 is 29.1. The molecule has 3 aliphatic rings. The first kappa shape index (κ1) is 28.3. The number of methoxy groups -OCH3 is 1. The molecule has 2 aromatic carbocycles. The number of nitriles is 1. The predicted octanol–water partition coefficient (Wildman–Crippen LogP) is 4.76. The van der Waals surface area contributed by atoms with E-state index in [1.165, 1.54) is 0 Å². The number of pyridine rings is 1. The van der Waals surface area contributed by atoms with Gasteiger partial charge in [-0.1, -0.05) is 6.07 Å². The van der Waals surface area contributed by atoms with Crippen LogP contribution in [0.1, 0.15) is 28.8 Å². The highest BCUT2D eigenvalue weighted by molar-refractivity contribution is 5.97. The summed E-state index contributed by atoms with van der Waals surface area (Å²) in [6.45, 7) is 6.10. The van der Waals surface area contributed by atoms with Crippen LogP contribution in [0.2, 0.25) is 0 Å². The fourth-order valence-corrected chi connectivity index (χ4v) is 6.16. The van der Waals surface area contributed by atoms with Crippen LogP contribution in [0.4, 0.5) is 0 Å². The van der Waals surface area contributed by atoms with Gasteiger partial charge in [0.15, 0.2) is 5.58 Å². The summed E-state index contributed by atoms with van der Waals surface area (Å²) in [5.74, 6) is 1.68. The Hall–Kier alpha value is -4.43. The van der Waals surface area contributed by atoms with Gasteiger partial charge in [-0.05, 0) is 42.0 Å². The molecule has 0 spiro atoms. The Kier molecular flexibility index (Phi) is 7.91. The molecule has 0 radical (unpaired) electrons. The van der Waals surface area contributed by atoms with Gasteiger partial charge in [0.05, 0.1) is 44.7 Å². The number of carbonyl (C=O) groups excluding carboxylic acids is 1. The van der Waals surface area contributed by atoms with Gasteiger partial charge in [0.2, 0.25) is 0 Å². The molecule has 1 amide bonds. The van der Waals surface area contributed by atoms with Crippen LogP contribution >= 0.6 is 0 Å². The molecule has 3 saturated heterocycles. The average Bonchev–Trinajstić information content (AvgIpc) is 3.49. The van der Waals surface area contributed by atoms with Crippen LogP contribution in [0.25, 0.3) is 33.6 Å². The van der Waals surface area contributed by atoms with E-state index < -0.39 is 0 Å². The first-order chi connectivity index (χ1) is 21.6. The third-order valence-corrected chi connectivity index (χ3v) is 8.71. The van der Waals surface area contributed by atoms with Crippen LogP contribution < -0.4 is 9.47 Å². The number of nitrogens with zero attached hydrogens (tertiary/aromatic N) is 4. The van der Waals surface area contributed by atoms with Crippen molar-refractivity contribution in [1.29, 1.82) is 5.26 Å². The van der Waals surface area contributed by atoms with Crippen molar-refractivity contribution >= 4 is 17.0 Å². The Morgan fingerprint density at radius 3 is 2.52 bits per heavy atom. The Labute approximate surface area is 255 Å². The molecular weight excluding hydrogens is 560 g/mol. The third kappa shape index (κ3) is 5.50. The van der Waals surface area contributed by atoms with E-state index in [2.05, 4.69) is 16.0 Å². The number of aromatic nitrogens is 1. The molecule has 2 aromatic heterocycles. The zero-order valence-electron chi connectivity index (χ0n) is 24.7. The van der Waals surface area contributed by atoms with Crippen LogP contribution in [-0.4, -0.2) is 92.6 Å². The quantitative estimate of drug-likeness (QED) is 0.299. The van der Waals surface area contributed by atoms with Crippen molar-refractivity contribution in [2.24, 2.45) is 0 Å². The summed E-state index contributed by atoms with van der Waals surface area (Å²) in [7, 11) is 1.59. The number of benzene rings is 2. The first-order valence-corrected chi connectivity index (χ1v) is 15.1. The molecule has 0 atom stereocenters. The fourth-order valence-electron chi connectivity index (χ4n) is 6.16. The predicted molar refractivity (Wildman–Crippen MR) is 163 cm³/mol. The number of ether oxygens (including phenoxy) is 4. The van der Waals surface area contributed by atoms with Gasteiger partial charge >= 0.3 is 0 Å². The van der Waals surface area contributed by atoms with Crippen molar-refractivity contribution in [2.45, 2.75) is 25.0 Å². The smallest absolute Gasteiger partial charge is 0.254 e. The van der Waals surface area contributed by atoms with E-state index in [4.69, 9.17) is 23.4 Å². The van der Waals surface area contributed by atoms with Crippen LogP contribution in [0.15, 0.2) is 59.1 Å². The summed E-state index contributed by atoms with van der Waals surface area (Å²) in [5, 5.41) is 9.89. The molecule has 7 rings (SSSR count). The van der Waals surface area contributed by atoms with Gasteiger partial charge in [0.25, 0.3) is 5.91 Å². The van der Waals surface area contributed by atoms with E-state index in [1.807, 2.05) is 47.4 Å². The lowest BCUT2D eigenvalue weighted by molar-refractivity contribution is -0.0256. The van der Waals surface area contributed by atoms with Crippen molar-refractivity contribution in [2.75, 3.05) is 59.7 Å². The van der Waals surface area contributed by atoms with Crippen LogP contribution in [0.5, 0.6) is 11.5 Å². The minimum absolute atomic E-state index is 0.00883. The standard InChI is InChI=1S/C34H34N4O6/c1-40-31-17-23(34(39)38-20-25(21-38)37-10-14-42-15-11-37)2-4-28(31)32-18-29-33(44-32)27(6-9-36-29)22-3-5-30(24(16-22)19-35)43-26-7-12-41-13-8-26/h2-6,9,16-18,25-26H,7-8,10-15,20-21H2,1H3. The third-order valence-electron chi connectivity index (χ3n) is 8.71. The monoisotopic (exact) mass is 594 g/mol. The van der Waals surface area contributed by atoms with Gasteiger partial charge in [0, 0.05) is 68.5 Å². The number of amides is 1. The topological polar surface area (TPSA) is 110 Å². The molecule has 0 saturated carbocycles. The SMILES string of the molecule is COc1cc(C(=O)N2CC(N3CCOCC3)C2)ccc1-c1cc2nccc(-c3ccc(OC4CCOCC4)c(C#N)c3)c2o1. The number of morpholine rings is 1. The molecule has 3 fully saturated rings. The van der Waals surface area contributed by atoms with Crippen LogP contribution in [0.3, 0.4) is 0 Å². The fraction of sp³-hybridized carbons (Fsp3) is 0.382. The lowest BCUT2D eigenvalue weighted by atomic mass is 10.0. The molecule has 10 nitrogen and oxygen atoms in total. The number of hydrogen-bond acceptors (Lipinski definition) is 9. The van der Waals surface area contributed by atoms with Gasteiger partial charge in [-0.3, -0.25) is 14.7 Å². The van der Waals surface area contributed by atoms with Gasteiger partial charge in [-0.15, -0.1) is 0 Å². The molecule has 0 N–H and O–H groups in total. The normalized spacial score (nSPS) is 18.1. The van der Waals surface area contributed by atoms with Crippen molar-refractivity contribution in [3.63, 3.8) is 0 Å². The lowest BCUT2D eigenvalue weighted by Crippen LogP contribution is -2.62. The second kappa shape index (κ2) is 12.3. The summed E-state index contributed by atoms with van der Waals surface area (Å²) in [4.78, 5) is 22.1. The molecule has 44 heavy (non-hydrogen) atoms. The van der Waals surface area contributed by atoms with Crippen LogP contribution in [-0.2, 0) is 9.47 Å². The Morgan fingerprint density at radius 1 is 0.955 bits per heavy atom. The largest absolute Gasteiger partial charge is 0.496 e. The van der Waals surface area contributed by atoms with Gasteiger partial charge in [0.1, 0.15) is 34.9 Å². The van der Waals surface area contributed by atoms with Crippen molar-refractivity contribution in [3.05, 3.63) is 65.9 Å². The molecule has 5 heterocycles. The summed E-state index contributed by atoms with van der Waals surface area (Å²) in [6.07, 6.45) is 3.38. The number of fused-ring (bicyclic) bond motifs is 1. The highest BCUT2D eigenvalue weighted by Gasteiger charge is 2.36. The van der Waals surface area contributed by atoms with Gasteiger partial charge in [-0.25, -0.2) is 0 Å². The highest BCUT2D eigenvalue weighted by Crippen LogP contribution is 2.39. The highest BCUT2D eigenvalue weighted by atomic mass is 16.5. The van der Waals surface area contributed by atoms with Crippen molar-refractivity contribution in [3.8, 4) is 40.0 Å². The van der Waals surface area contributed by atoms with E-state index in [0.717, 1.165) is 68.9 Å². The van der Waals surface area contributed by atoms with E-state index in [1.54, 1.807) is 19.4 Å². The number of carbonyl (C=O) groups is 1. The maximum Gasteiger partial charge on any atom is 0.254 e. The molecule has 0 aliphatic carbocycles. The zero-order valence-corrected chi connectivity index (χ0v) is 24.7. The maximum absolute atomic E-state index is 13.3. The number of hydrogen-bond donors (Lipinski definition) is 0. The molecule has 3 aliphatic heterocycles. The molecular formula is C34H34N4O6. The second-order valence-corrected chi connectivity index (χ2v) is 11.4. The minimum Gasteiger partial charge on any atom is -0.496 e. The number of likely N-dealkylation sites (tertiary alicyclic amines) is 1. The second-order valence-electron chi connectivity index (χ2n) is 11.4. The maximum atomic E-state index is 13.3. The van der Waals surface area contributed by atoms with Gasteiger partial charge in [-0.2, -0.15) is 5.26 Å². The molecule has 0 bridgehead atoms. The molecule has 226 valence electrons. The zero-order chi connectivity index (χ0) is 30.0. The van der Waals surface area contributed by atoms with Crippen molar-refractivity contribution < 1.29 is 28.2 Å². The van der Waals surface area contributed by atoms with E-state index in [9.17, 15) is 10.1 Å². The van der Waals surface area contributed by atoms with Crippen molar-refractivity contribution in [1.82, 2.24) is 14.8 Å². The Morgan fingerprint density at radius 2 is 1.75 bits per heavy atom.